The van der Waals surface area contributed by atoms with Crippen molar-refractivity contribution in [2.45, 2.75) is 13.3 Å². The second kappa shape index (κ2) is 2.78. The molecule has 0 saturated heterocycles. The van der Waals surface area contributed by atoms with Gasteiger partial charge >= 0.3 is 0 Å². The lowest BCUT2D eigenvalue weighted by Gasteiger charge is -1.92. The van der Waals surface area contributed by atoms with Gasteiger partial charge in [-0.3, -0.25) is 4.79 Å². The van der Waals surface area contributed by atoms with Gasteiger partial charge in [-0.15, -0.1) is 0 Å². The number of hydrogen-bond acceptors (Lipinski definition) is 1. The van der Waals surface area contributed by atoms with Gasteiger partial charge in [0, 0.05) is 6.42 Å². The van der Waals surface area contributed by atoms with Gasteiger partial charge in [0.25, 0.3) is 0 Å². The predicted molar refractivity (Wildman–Crippen MR) is 38.3 cm³/mol. The van der Waals surface area contributed by atoms with E-state index in [9.17, 15) is 4.79 Å². The van der Waals surface area contributed by atoms with Crippen molar-refractivity contribution in [3.8, 4) is 0 Å². The highest BCUT2D eigenvalue weighted by molar-refractivity contribution is 6.53. The van der Waals surface area contributed by atoms with E-state index in [1.807, 2.05) is 12.2 Å². The maximum Gasteiger partial charge on any atom is 0.133 e. The number of ketones is 1. The summed E-state index contributed by atoms with van der Waals surface area (Å²) in [6.45, 7) is 1.63. The molecule has 0 aromatic heterocycles. The third kappa shape index (κ3) is 1.97. The lowest BCUT2D eigenvalue weighted by atomic mass is 10.3. The lowest BCUT2D eigenvalue weighted by molar-refractivity contribution is -0.116. The molecule has 1 aliphatic heterocycles. The molecule has 0 aromatic rings. The van der Waals surface area contributed by atoms with Crippen molar-refractivity contribution in [1.29, 1.82) is 0 Å². The average molecular weight is 136 g/mol. The van der Waals surface area contributed by atoms with Crippen LogP contribution in [-0.2, 0) is 4.79 Å². The molecular weight excluding hydrogens is 128 g/mol. The van der Waals surface area contributed by atoms with Crippen LogP contribution in [0.4, 0.5) is 0 Å². The van der Waals surface area contributed by atoms with Crippen molar-refractivity contribution >= 4 is 15.3 Å². The maximum atomic E-state index is 10.5. The zero-order valence-electron chi connectivity index (χ0n) is 5.35. The molecule has 0 atom stereocenters. The second-order valence-corrected chi connectivity index (χ2v) is 3.34. The van der Waals surface area contributed by atoms with Crippen molar-refractivity contribution in [2.24, 2.45) is 0 Å². The molecular formula is C7H8OSi. The van der Waals surface area contributed by atoms with Crippen LogP contribution in [0.25, 0.3) is 0 Å². The molecule has 0 fully saturated rings. The molecule has 9 heavy (non-hydrogen) atoms. The maximum absolute atomic E-state index is 10.5. The Labute approximate surface area is 57.3 Å². The second-order valence-electron chi connectivity index (χ2n) is 2.07. The predicted octanol–water partition coefficient (Wildman–Crippen LogP) is 1.08. The number of Topliss-reactive ketones (excluding diaryl/α,β-unsaturated/α-hetero) is 1. The highest BCUT2D eigenvalue weighted by Crippen LogP contribution is 2.05. The van der Waals surface area contributed by atoms with Crippen LogP contribution in [-0.4, -0.2) is 15.3 Å². The Bertz CT molecular complexity index is 179. The minimum absolute atomic E-state index is 0.262. The zero-order chi connectivity index (χ0) is 6.69. The first-order valence-corrected chi connectivity index (χ1v) is 3.98. The monoisotopic (exact) mass is 136 g/mol. The summed E-state index contributed by atoms with van der Waals surface area (Å²) in [5.41, 5.74) is 2.10. The standard InChI is InChI=1S/C7H8OSi/c1-6(8)5-7-3-2-4-9-7/h2-4H,5H2,1H3. The molecule has 0 aliphatic carbocycles. The van der Waals surface area contributed by atoms with Crippen molar-refractivity contribution < 1.29 is 4.79 Å². The van der Waals surface area contributed by atoms with E-state index in [-0.39, 0.29) is 5.78 Å². The first-order chi connectivity index (χ1) is 4.29. The van der Waals surface area contributed by atoms with Crippen molar-refractivity contribution in [3.63, 3.8) is 0 Å². The van der Waals surface area contributed by atoms with Crippen LogP contribution in [0.2, 0.25) is 0 Å². The third-order valence-electron chi connectivity index (χ3n) is 1.10. The van der Waals surface area contributed by atoms with Gasteiger partial charge in [-0.05, 0) is 6.92 Å². The Morgan fingerprint density at radius 3 is 3.00 bits per heavy atom. The average Bonchev–Trinajstić information content (AvgIpc) is 2.15. The molecule has 0 spiro atoms. The Kier molecular flexibility index (Phi) is 2.00. The molecule has 0 amide bonds. The van der Waals surface area contributed by atoms with Crippen LogP contribution in [0.5, 0.6) is 0 Å². The molecule has 0 saturated carbocycles. The summed E-state index contributed by atoms with van der Waals surface area (Å²) in [6, 6.07) is 0. The molecule has 46 valence electrons. The highest BCUT2D eigenvalue weighted by atomic mass is 28.2. The lowest BCUT2D eigenvalue weighted by Crippen LogP contribution is -1.96. The Hall–Kier alpha value is -0.633. The molecule has 1 heterocycles. The third-order valence-corrected chi connectivity index (χ3v) is 2.18. The fraction of sp³-hybridized carbons (Fsp3) is 0.286. The number of rotatable bonds is 2. The molecule has 2 radical (unpaired) electrons. The van der Waals surface area contributed by atoms with Crippen molar-refractivity contribution in [1.82, 2.24) is 0 Å². The van der Waals surface area contributed by atoms with Crippen molar-refractivity contribution in [2.75, 3.05) is 0 Å². The molecule has 0 aromatic carbocycles. The van der Waals surface area contributed by atoms with Crippen LogP contribution < -0.4 is 0 Å². The summed E-state index contributed by atoms with van der Waals surface area (Å²) in [5.74, 6) is 0.262. The molecule has 0 unspecified atom stereocenters. The Morgan fingerprint density at radius 2 is 2.56 bits per heavy atom. The van der Waals surface area contributed by atoms with Gasteiger partial charge in [0.2, 0.25) is 0 Å². The van der Waals surface area contributed by atoms with Crippen LogP contribution in [0.15, 0.2) is 23.0 Å². The topological polar surface area (TPSA) is 17.1 Å². The summed E-state index contributed by atoms with van der Waals surface area (Å²) in [5, 5.41) is 1.27. The van der Waals surface area contributed by atoms with Crippen molar-refractivity contribution in [3.05, 3.63) is 23.0 Å². The normalized spacial score (nSPS) is 15.9. The van der Waals surface area contributed by atoms with Gasteiger partial charge < -0.3 is 0 Å². The van der Waals surface area contributed by atoms with E-state index in [0.717, 1.165) is 9.52 Å². The molecule has 2 heteroatoms. The number of carbonyl (C=O) groups is 1. The van der Waals surface area contributed by atoms with Gasteiger partial charge in [0.05, 0.1) is 0 Å². The Morgan fingerprint density at radius 1 is 1.78 bits per heavy atom. The molecule has 1 rings (SSSR count). The summed E-state index contributed by atoms with van der Waals surface area (Å²) >= 11 is 0. The minimum atomic E-state index is 0.262. The van der Waals surface area contributed by atoms with E-state index < -0.39 is 0 Å². The van der Waals surface area contributed by atoms with E-state index in [0.29, 0.717) is 6.42 Å². The van der Waals surface area contributed by atoms with E-state index in [1.54, 1.807) is 6.92 Å². The smallest absolute Gasteiger partial charge is 0.133 e. The first-order valence-electron chi connectivity index (χ1n) is 2.91. The molecule has 0 N–H and O–H groups in total. The van der Waals surface area contributed by atoms with Crippen LogP contribution >= 0.6 is 0 Å². The fourth-order valence-electron chi connectivity index (χ4n) is 0.746. The summed E-state index contributed by atoms with van der Waals surface area (Å²) < 4.78 is 0. The number of carbonyl (C=O) groups excluding carboxylic acids is 1. The summed E-state index contributed by atoms with van der Waals surface area (Å²) in [4.78, 5) is 10.5. The first kappa shape index (κ1) is 6.49. The zero-order valence-corrected chi connectivity index (χ0v) is 6.35. The SMILES string of the molecule is CC(=O)CC1=CC=C[Si]1. The van der Waals surface area contributed by atoms with Crippen LogP contribution in [0, 0.1) is 0 Å². The molecule has 1 aliphatic rings. The summed E-state index contributed by atoms with van der Waals surface area (Å²) in [6.07, 6.45) is 4.68. The van der Waals surface area contributed by atoms with E-state index in [2.05, 4.69) is 5.70 Å². The van der Waals surface area contributed by atoms with Gasteiger partial charge in [0.1, 0.15) is 15.3 Å². The summed E-state index contributed by atoms with van der Waals surface area (Å²) in [7, 11) is 0.752. The van der Waals surface area contributed by atoms with E-state index >= 15 is 0 Å². The number of hydrogen-bond donors (Lipinski definition) is 0. The largest absolute Gasteiger partial charge is 0.300 e. The van der Waals surface area contributed by atoms with Crippen LogP contribution in [0.1, 0.15) is 13.3 Å². The van der Waals surface area contributed by atoms with E-state index in [1.165, 1.54) is 5.20 Å². The minimum Gasteiger partial charge on any atom is -0.300 e. The van der Waals surface area contributed by atoms with Gasteiger partial charge in [-0.1, -0.05) is 23.0 Å². The molecule has 0 bridgehead atoms. The van der Waals surface area contributed by atoms with E-state index in [4.69, 9.17) is 0 Å². The van der Waals surface area contributed by atoms with Gasteiger partial charge in [-0.2, -0.15) is 0 Å². The highest BCUT2D eigenvalue weighted by Gasteiger charge is 2.02. The fourth-order valence-corrected chi connectivity index (χ4v) is 1.70. The van der Waals surface area contributed by atoms with Gasteiger partial charge in [0.15, 0.2) is 0 Å². The Balaban J connectivity index is 2.39. The van der Waals surface area contributed by atoms with Crippen LogP contribution in [0.3, 0.4) is 0 Å². The quantitative estimate of drug-likeness (QED) is 0.519. The number of allylic oxidation sites excluding steroid dienone is 3. The molecule has 1 nitrogen and oxygen atoms in total. The van der Waals surface area contributed by atoms with Gasteiger partial charge in [-0.25, -0.2) is 0 Å².